The molecule has 0 atom stereocenters. The zero-order valence-electron chi connectivity index (χ0n) is 17.3. The largest absolute Gasteiger partial charge is 0.453 e. The van der Waals surface area contributed by atoms with Crippen LogP contribution in [0.25, 0.3) is 0 Å². The summed E-state index contributed by atoms with van der Waals surface area (Å²) in [5, 5.41) is 25.5. The highest BCUT2D eigenvalue weighted by Gasteiger charge is 2.18. The highest BCUT2D eigenvalue weighted by Crippen LogP contribution is 2.35. The smallest absolute Gasteiger partial charge is 0.221 e. The van der Waals surface area contributed by atoms with E-state index in [1.165, 1.54) is 42.9 Å². The average Bonchev–Trinajstić information content (AvgIpc) is 2.78. The highest BCUT2D eigenvalue weighted by molar-refractivity contribution is 6.32. The Morgan fingerprint density at radius 3 is 2.64 bits per heavy atom. The van der Waals surface area contributed by atoms with Crippen molar-refractivity contribution < 1.29 is 24.2 Å². The second kappa shape index (κ2) is 10.9. The molecule has 0 saturated heterocycles. The van der Waals surface area contributed by atoms with E-state index in [2.05, 4.69) is 0 Å². The quantitative estimate of drug-likeness (QED) is 0.185. The van der Waals surface area contributed by atoms with Gasteiger partial charge in [0.25, 0.3) is 0 Å². The van der Waals surface area contributed by atoms with Gasteiger partial charge in [0.15, 0.2) is 23.2 Å². The van der Waals surface area contributed by atoms with Gasteiger partial charge < -0.3 is 9.47 Å². The predicted octanol–water partition coefficient (Wildman–Crippen LogP) is 5.11. The van der Waals surface area contributed by atoms with Crippen molar-refractivity contribution in [3.63, 3.8) is 0 Å². The summed E-state index contributed by atoms with van der Waals surface area (Å²) in [6.07, 6.45) is -0.245. The molecule has 0 saturated carbocycles. The van der Waals surface area contributed by atoms with Gasteiger partial charge in [0, 0.05) is 28.3 Å². The van der Waals surface area contributed by atoms with E-state index in [9.17, 15) is 0 Å². The summed E-state index contributed by atoms with van der Waals surface area (Å²) in [4.78, 5) is 4.95. The van der Waals surface area contributed by atoms with Gasteiger partial charge in [-0.05, 0) is 30.3 Å². The summed E-state index contributed by atoms with van der Waals surface area (Å²) in [7, 11) is 1.51. The lowest BCUT2D eigenvalue weighted by molar-refractivity contribution is -0.830. The molecule has 0 aromatic heterocycles. The van der Waals surface area contributed by atoms with E-state index in [1.54, 1.807) is 24.3 Å². The third-order valence-electron chi connectivity index (χ3n) is 4.33. The number of hydrogen-bond acceptors (Lipinski definition) is 6. The molecule has 7 nitrogen and oxygen atoms in total. The van der Waals surface area contributed by atoms with Crippen molar-refractivity contribution in [3.8, 4) is 17.6 Å². The molecule has 0 aliphatic carbocycles. The third kappa shape index (κ3) is 6.28. The SMILES string of the molecule is CO[NH2+]c1cccc(C(=N)OC(=N)Cc2ccc(Cl)c(Oc3cc(Cl)cc(C#N)c3)c2F)c1. The summed E-state index contributed by atoms with van der Waals surface area (Å²) in [5.41, 5.74) is 2.98. The van der Waals surface area contributed by atoms with Gasteiger partial charge in [0.05, 0.1) is 30.2 Å². The van der Waals surface area contributed by atoms with Gasteiger partial charge in [-0.25, -0.2) is 9.23 Å². The van der Waals surface area contributed by atoms with Crippen LogP contribution in [0, 0.1) is 28.0 Å². The Balaban J connectivity index is 1.76. The Morgan fingerprint density at radius 2 is 1.91 bits per heavy atom. The fourth-order valence-electron chi connectivity index (χ4n) is 2.89. The van der Waals surface area contributed by atoms with Gasteiger partial charge in [-0.3, -0.25) is 10.8 Å². The van der Waals surface area contributed by atoms with Gasteiger partial charge in [-0.1, -0.05) is 35.3 Å². The van der Waals surface area contributed by atoms with Gasteiger partial charge in [-0.2, -0.15) is 10.7 Å². The number of quaternary nitrogens is 1. The fourth-order valence-corrected chi connectivity index (χ4v) is 3.30. The van der Waals surface area contributed by atoms with Crippen LogP contribution in [0.4, 0.5) is 10.1 Å². The number of benzene rings is 3. The number of nitrogens with zero attached hydrogens (tertiary/aromatic N) is 1. The maximum Gasteiger partial charge on any atom is 0.221 e. The Morgan fingerprint density at radius 1 is 1.12 bits per heavy atom. The van der Waals surface area contributed by atoms with Crippen LogP contribution in [0.5, 0.6) is 11.5 Å². The van der Waals surface area contributed by atoms with Gasteiger partial charge in [-0.15, -0.1) is 0 Å². The molecule has 33 heavy (non-hydrogen) atoms. The molecule has 0 spiro atoms. The Kier molecular flexibility index (Phi) is 7.98. The van der Waals surface area contributed by atoms with Crippen molar-refractivity contribution in [2.75, 3.05) is 7.11 Å². The molecule has 0 aliphatic heterocycles. The van der Waals surface area contributed by atoms with Gasteiger partial charge in [0.2, 0.25) is 5.90 Å². The lowest BCUT2D eigenvalue weighted by Crippen LogP contribution is -2.75. The molecular weight excluding hydrogens is 470 g/mol. The van der Waals surface area contributed by atoms with E-state index in [0.717, 1.165) is 5.69 Å². The minimum absolute atomic E-state index is 0.00105. The number of halogens is 3. The van der Waals surface area contributed by atoms with Crippen molar-refractivity contribution >= 4 is 40.7 Å². The molecule has 0 bridgehead atoms. The van der Waals surface area contributed by atoms with E-state index < -0.39 is 5.82 Å². The van der Waals surface area contributed by atoms with Crippen LogP contribution in [0.1, 0.15) is 16.7 Å². The van der Waals surface area contributed by atoms with Crippen molar-refractivity contribution in [3.05, 3.63) is 87.2 Å². The number of rotatable bonds is 7. The monoisotopic (exact) mass is 487 g/mol. The minimum atomic E-state index is -0.794. The summed E-state index contributed by atoms with van der Waals surface area (Å²) in [6, 6.07) is 15.8. The minimum Gasteiger partial charge on any atom is -0.453 e. The third-order valence-corrected chi connectivity index (χ3v) is 4.84. The number of ether oxygens (including phenoxy) is 2. The van der Waals surface area contributed by atoms with Crippen molar-refractivity contribution in [2.24, 2.45) is 0 Å². The van der Waals surface area contributed by atoms with E-state index in [4.69, 9.17) is 53.6 Å². The lowest BCUT2D eigenvalue weighted by Gasteiger charge is -2.13. The molecule has 0 heterocycles. The van der Waals surface area contributed by atoms with Crippen molar-refractivity contribution in [1.82, 2.24) is 0 Å². The van der Waals surface area contributed by atoms with Crippen LogP contribution in [0.15, 0.2) is 54.6 Å². The van der Waals surface area contributed by atoms with E-state index in [-0.39, 0.29) is 50.9 Å². The van der Waals surface area contributed by atoms with Crippen LogP contribution < -0.4 is 10.2 Å². The number of hydrogen-bond donors (Lipinski definition) is 3. The van der Waals surface area contributed by atoms with E-state index in [1.807, 2.05) is 6.07 Å². The Hall–Kier alpha value is -3.48. The summed E-state index contributed by atoms with van der Waals surface area (Å²) >= 11 is 12.1. The molecule has 3 rings (SSSR count). The molecule has 3 aromatic carbocycles. The molecular formula is C23H18Cl2FN4O3+. The van der Waals surface area contributed by atoms with Crippen LogP contribution >= 0.6 is 23.2 Å². The first kappa shape index (κ1) is 24.2. The van der Waals surface area contributed by atoms with Crippen LogP contribution in [0.2, 0.25) is 10.0 Å². The first-order valence-electron chi connectivity index (χ1n) is 9.46. The molecule has 0 fully saturated rings. The van der Waals surface area contributed by atoms with Crippen molar-refractivity contribution in [1.29, 1.82) is 16.1 Å². The molecule has 0 unspecified atom stereocenters. The predicted molar refractivity (Wildman–Crippen MR) is 122 cm³/mol. The first-order chi connectivity index (χ1) is 15.8. The van der Waals surface area contributed by atoms with Crippen molar-refractivity contribution in [2.45, 2.75) is 6.42 Å². The van der Waals surface area contributed by atoms with Crippen LogP contribution in [-0.4, -0.2) is 18.9 Å². The number of nitrogens with two attached hydrogens (primary N) is 1. The van der Waals surface area contributed by atoms with E-state index in [0.29, 0.717) is 5.56 Å². The summed E-state index contributed by atoms with van der Waals surface area (Å²) < 4.78 is 26.0. The van der Waals surface area contributed by atoms with Gasteiger partial charge in [0.1, 0.15) is 5.75 Å². The average molecular weight is 488 g/mol. The highest BCUT2D eigenvalue weighted by atomic mass is 35.5. The topological polar surface area (TPSA) is 116 Å². The molecule has 0 radical (unpaired) electrons. The molecule has 3 aromatic rings. The Bertz CT molecular complexity index is 1260. The Labute approximate surface area is 199 Å². The first-order valence-corrected chi connectivity index (χ1v) is 10.2. The summed E-state index contributed by atoms with van der Waals surface area (Å²) in [5.74, 6) is -1.54. The summed E-state index contributed by atoms with van der Waals surface area (Å²) in [6.45, 7) is 0. The molecule has 0 aliphatic rings. The molecule has 0 amide bonds. The standard InChI is InChI=1S/C23H17Cl2FN4O3/c1-31-30-17-4-2-3-15(9-17)23(29)33-20(28)10-14-5-6-19(25)22(21(14)26)32-18-8-13(12-27)7-16(24)11-18/h2-9,11,28-30H,10H2,1H3/p+1. The normalized spacial score (nSPS) is 10.4. The van der Waals surface area contributed by atoms with E-state index >= 15 is 4.39 Å². The fraction of sp³-hybridized carbons (Fsp3) is 0.0870. The second-order valence-corrected chi connectivity index (χ2v) is 7.59. The lowest BCUT2D eigenvalue weighted by atomic mass is 10.1. The zero-order chi connectivity index (χ0) is 24.0. The zero-order valence-corrected chi connectivity index (χ0v) is 18.8. The second-order valence-electron chi connectivity index (χ2n) is 6.75. The molecule has 168 valence electrons. The number of nitrogens with one attached hydrogen (secondary N) is 2. The number of nitriles is 1. The van der Waals surface area contributed by atoms with Crippen LogP contribution in [-0.2, 0) is 16.0 Å². The molecule has 10 heteroatoms. The van der Waals surface area contributed by atoms with Gasteiger partial charge >= 0.3 is 0 Å². The maximum atomic E-state index is 15.1. The van der Waals surface area contributed by atoms with Crippen LogP contribution in [0.3, 0.4) is 0 Å². The molecule has 4 N–H and O–H groups in total. The maximum absolute atomic E-state index is 15.1.